The third-order valence-electron chi connectivity index (χ3n) is 4.91. The highest BCUT2D eigenvalue weighted by Crippen LogP contribution is 2.33. The third-order valence-corrected chi connectivity index (χ3v) is 4.91. The molecular formula is C22H27N3O4. The van der Waals surface area contributed by atoms with E-state index in [9.17, 15) is 9.59 Å². The van der Waals surface area contributed by atoms with Gasteiger partial charge in [-0.05, 0) is 30.5 Å². The number of methoxy groups -OCH3 is 2. The van der Waals surface area contributed by atoms with Crippen molar-refractivity contribution in [3.63, 3.8) is 0 Å². The Labute approximate surface area is 171 Å². The summed E-state index contributed by atoms with van der Waals surface area (Å²) in [6.45, 7) is 1.01. The Morgan fingerprint density at radius 3 is 2.59 bits per heavy atom. The van der Waals surface area contributed by atoms with Crippen LogP contribution in [0, 0.1) is 0 Å². The van der Waals surface area contributed by atoms with Crippen molar-refractivity contribution in [3.8, 4) is 11.5 Å². The average Bonchev–Trinajstić information content (AvgIpc) is 3.11. The van der Waals surface area contributed by atoms with Gasteiger partial charge in [0.05, 0.1) is 20.3 Å². The molecule has 2 aromatic carbocycles. The third kappa shape index (κ3) is 5.40. The van der Waals surface area contributed by atoms with Gasteiger partial charge in [-0.2, -0.15) is 0 Å². The number of hydrogen-bond donors (Lipinski definition) is 2. The number of ether oxygens (including phenoxy) is 2. The van der Waals surface area contributed by atoms with Crippen LogP contribution in [0.4, 0.5) is 10.5 Å². The van der Waals surface area contributed by atoms with Crippen LogP contribution in [0.25, 0.3) is 0 Å². The molecule has 0 aromatic heterocycles. The van der Waals surface area contributed by atoms with E-state index in [1.54, 1.807) is 31.3 Å². The van der Waals surface area contributed by atoms with Gasteiger partial charge in [0.2, 0.25) is 5.91 Å². The van der Waals surface area contributed by atoms with E-state index < -0.39 is 0 Å². The fourth-order valence-electron chi connectivity index (χ4n) is 3.42. The summed E-state index contributed by atoms with van der Waals surface area (Å²) in [4.78, 5) is 26.2. The van der Waals surface area contributed by atoms with Crippen LogP contribution < -0.4 is 25.0 Å². The number of carbonyl (C=O) groups is 2. The molecule has 3 amide bonds. The van der Waals surface area contributed by atoms with Crippen molar-refractivity contribution in [1.29, 1.82) is 0 Å². The maximum atomic E-state index is 12.4. The molecule has 7 nitrogen and oxygen atoms in total. The Hall–Kier alpha value is -3.22. The van der Waals surface area contributed by atoms with Crippen molar-refractivity contribution in [3.05, 3.63) is 54.1 Å². The van der Waals surface area contributed by atoms with E-state index in [1.807, 2.05) is 24.3 Å². The average molecular weight is 397 g/mol. The van der Waals surface area contributed by atoms with E-state index in [-0.39, 0.29) is 24.4 Å². The number of nitrogens with one attached hydrogen (secondary N) is 2. The fourth-order valence-corrected chi connectivity index (χ4v) is 3.42. The number of anilines is 1. The van der Waals surface area contributed by atoms with Gasteiger partial charge in [0.15, 0.2) is 11.5 Å². The van der Waals surface area contributed by atoms with Crippen molar-refractivity contribution < 1.29 is 19.1 Å². The minimum atomic E-state index is -0.245. The molecule has 154 valence electrons. The molecule has 3 rings (SSSR count). The second kappa shape index (κ2) is 9.82. The first-order valence-electron chi connectivity index (χ1n) is 9.71. The van der Waals surface area contributed by atoms with Gasteiger partial charge in [-0.1, -0.05) is 30.3 Å². The summed E-state index contributed by atoms with van der Waals surface area (Å²) in [7, 11) is 3.12. The Morgan fingerprint density at radius 1 is 1.10 bits per heavy atom. The smallest absolute Gasteiger partial charge is 0.315 e. The maximum Gasteiger partial charge on any atom is 0.315 e. The fraction of sp³-hybridized carbons (Fsp3) is 0.364. The van der Waals surface area contributed by atoms with E-state index in [1.165, 1.54) is 5.56 Å². The zero-order chi connectivity index (χ0) is 20.6. The van der Waals surface area contributed by atoms with E-state index in [0.29, 0.717) is 24.6 Å². The largest absolute Gasteiger partial charge is 0.493 e. The van der Waals surface area contributed by atoms with Crippen molar-refractivity contribution >= 4 is 17.6 Å². The lowest BCUT2D eigenvalue weighted by Crippen LogP contribution is -2.43. The molecule has 0 aliphatic carbocycles. The molecule has 0 unspecified atom stereocenters. The molecule has 0 spiro atoms. The van der Waals surface area contributed by atoms with Gasteiger partial charge < -0.3 is 25.0 Å². The molecular weight excluding hydrogens is 370 g/mol. The molecule has 1 saturated heterocycles. The van der Waals surface area contributed by atoms with Crippen molar-refractivity contribution in [2.24, 2.45) is 0 Å². The standard InChI is InChI=1S/C22H27N3O4/c1-28-19-11-10-18(14-20(19)29-2)25-15-17(13-21(25)26)24-22(27)23-12-6-9-16-7-4-3-5-8-16/h3-5,7-8,10-11,14,17H,6,9,12-13,15H2,1-2H3,(H2,23,24,27)/t17-/m1/s1. The Bertz CT molecular complexity index is 841. The van der Waals surface area contributed by atoms with E-state index in [2.05, 4.69) is 22.8 Å². The number of benzene rings is 2. The monoisotopic (exact) mass is 397 g/mol. The highest BCUT2D eigenvalue weighted by Gasteiger charge is 2.32. The molecule has 1 aliphatic rings. The summed E-state index contributed by atoms with van der Waals surface area (Å²) in [6.07, 6.45) is 2.04. The molecule has 0 radical (unpaired) electrons. The molecule has 0 saturated carbocycles. The summed E-state index contributed by atoms with van der Waals surface area (Å²) in [6, 6.07) is 15.0. The van der Waals surface area contributed by atoms with Crippen LogP contribution in [-0.2, 0) is 11.2 Å². The normalized spacial score (nSPS) is 15.9. The molecule has 1 heterocycles. The van der Waals surface area contributed by atoms with Crippen LogP contribution in [0.5, 0.6) is 11.5 Å². The summed E-state index contributed by atoms with van der Waals surface area (Å²) in [5.74, 6) is 1.13. The number of hydrogen-bond acceptors (Lipinski definition) is 4. The molecule has 1 atom stereocenters. The Kier molecular flexibility index (Phi) is 6.94. The first kappa shape index (κ1) is 20.5. The van der Waals surface area contributed by atoms with Gasteiger partial charge in [0.25, 0.3) is 0 Å². The molecule has 0 bridgehead atoms. The Morgan fingerprint density at radius 2 is 1.86 bits per heavy atom. The van der Waals surface area contributed by atoms with Gasteiger partial charge in [-0.3, -0.25) is 4.79 Å². The van der Waals surface area contributed by atoms with E-state index >= 15 is 0 Å². The maximum absolute atomic E-state index is 12.4. The second-order valence-corrected chi connectivity index (χ2v) is 6.93. The van der Waals surface area contributed by atoms with E-state index in [0.717, 1.165) is 18.5 Å². The predicted octanol–water partition coefficient (Wildman–Crippen LogP) is 2.74. The van der Waals surface area contributed by atoms with Crippen LogP contribution in [0.15, 0.2) is 48.5 Å². The SMILES string of the molecule is COc1ccc(N2C[C@H](NC(=O)NCCCc3ccccc3)CC2=O)cc1OC. The summed E-state index contributed by atoms with van der Waals surface area (Å²) in [5.41, 5.74) is 1.97. The summed E-state index contributed by atoms with van der Waals surface area (Å²) in [5, 5.41) is 5.76. The van der Waals surface area contributed by atoms with Crippen molar-refractivity contribution in [2.45, 2.75) is 25.3 Å². The highest BCUT2D eigenvalue weighted by molar-refractivity contribution is 5.97. The van der Waals surface area contributed by atoms with Gasteiger partial charge in [-0.25, -0.2) is 4.79 Å². The summed E-state index contributed by atoms with van der Waals surface area (Å²) < 4.78 is 10.5. The number of nitrogens with zero attached hydrogens (tertiary/aromatic N) is 1. The zero-order valence-corrected chi connectivity index (χ0v) is 16.8. The number of amides is 3. The predicted molar refractivity (Wildman–Crippen MR) is 112 cm³/mol. The van der Waals surface area contributed by atoms with Gasteiger partial charge in [0.1, 0.15) is 0 Å². The van der Waals surface area contributed by atoms with Crippen molar-refractivity contribution in [2.75, 3.05) is 32.2 Å². The van der Waals surface area contributed by atoms with Gasteiger partial charge in [0, 0.05) is 31.3 Å². The first-order chi connectivity index (χ1) is 14.1. The number of carbonyl (C=O) groups excluding carboxylic acids is 2. The minimum Gasteiger partial charge on any atom is -0.493 e. The topological polar surface area (TPSA) is 79.9 Å². The van der Waals surface area contributed by atoms with Crippen LogP contribution in [0.3, 0.4) is 0 Å². The second-order valence-electron chi connectivity index (χ2n) is 6.93. The molecule has 2 aromatic rings. The van der Waals surface area contributed by atoms with E-state index in [4.69, 9.17) is 9.47 Å². The zero-order valence-electron chi connectivity index (χ0n) is 16.8. The molecule has 2 N–H and O–H groups in total. The summed E-state index contributed by atoms with van der Waals surface area (Å²) >= 11 is 0. The van der Waals surface area contributed by atoms with Crippen LogP contribution >= 0.6 is 0 Å². The van der Waals surface area contributed by atoms with Crippen LogP contribution in [0.2, 0.25) is 0 Å². The van der Waals surface area contributed by atoms with Crippen LogP contribution in [-0.4, -0.2) is 45.3 Å². The van der Waals surface area contributed by atoms with Gasteiger partial charge in [-0.15, -0.1) is 0 Å². The van der Waals surface area contributed by atoms with Crippen LogP contribution in [0.1, 0.15) is 18.4 Å². The first-order valence-corrected chi connectivity index (χ1v) is 9.71. The number of rotatable bonds is 8. The lowest BCUT2D eigenvalue weighted by molar-refractivity contribution is -0.117. The molecule has 1 fully saturated rings. The Balaban J connectivity index is 1.47. The quantitative estimate of drug-likeness (QED) is 0.672. The van der Waals surface area contributed by atoms with Crippen molar-refractivity contribution in [1.82, 2.24) is 10.6 Å². The highest BCUT2D eigenvalue weighted by atomic mass is 16.5. The number of aryl methyl sites for hydroxylation is 1. The minimum absolute atomic E-state index is 0.0356. The lowest BCUT2D eigenvalue weighted by atomic mass is 10.1. The van der Waals surface area contributed by atoms with Gasteiger partial charge >= 0.3 is 6.03 Å². The lowest BCUT2D eigenvalue weighted by Gasteiger charge is -2.19. The molecule has 1 aliphatic heterocycles. The number of urea groups is 1. The molecule has 29 heavy (non-hydrogen) atoms. The molecule has 7 heteroatoms.